The summed E-state index contributed by atoms with van der Waals surface area (Å²) in [7, 11) is 1.83. The lowest BCUT2D eigenvalue weighted by Crippen LogP contribution is -2.55. The number of Topliss-reactive ketones (excluding diaryl/α,β-unsaturated/α-hetero) is 1. The highest BCUT2D eigenvalue weighted by molar-refractivity contribution is 5.99. The maximum absolute atomic E-state index is 14.0. The molecule has 0 unspecified atom stereocenters. The monoisotopic (exact) mass is 525 g/mol. The molecule has 4 fully saturated rings. The number of likely N-dealkylation sites (tertiary alicyclic amines) is 1. The number of carbonyl (C=O) groups excluding carboxylic acids is 3. The predicted octanol–water partition coefficient (Wildman–Crippen LogP) is 1.66. The summed E-state index contributed by atoms with van der Waals surface area (Å²) >= 11 is 0. The van der Waals surface area contributed by atoms with Gasteiger partial charge in [0.15, 0.2) is 5.78 Å². The second-order valence-electron chi connectivity index (χ2n) is 11.6. The van der Waals surface area contributed by atoms with Crippen molar-refractivity contribution >= 4 is 23.3 Å². The summed E-state index contributed by atoms with van der Waals surface area (Å²) < 4.78 is 5.73. The van der Waals surface area contributed by atoms with Crippen LogP contribution in [0.15, 0.2) is 24.3 Å². The van der Waals surface area contributed by atoms with Crippen LogP contribution in [0, 0.1) is 5.92 Å². The molecule has 4 aliphatic rings. The summed E-state index contributed by atoms with van der Waals surface area (Å²) in [6.07, 6.45) is 4.74. The number of carbonyl (C=O) groups is 3. The molecule has 3 saturated heterocycles. The van der Waals surface area contributed by atoms with Gasteiger partial charge in [-0.05, 0) is 63.9 Å². The first kappa shape index (κ1) is 27.1. The standard InChI is InChI=1S/C29H43N5O4/c1-19(2)32-13-15-33(16-14-32)22-11-9-21(10-12-22)28(36)31-25(20-7-5-4-6-8-20)29(37)34-17-23(30-3)27-26(34)24(35)18-38-27/h9-12,19-20,23,25-27,30H,4-8,13-18H2,1-3H3,(H,31,36)/t23-,25-,26+,27+/m0/s1. The van der Waals surface area contributed by atoms with Crippen LogP contribution in [-0.4, -0.2) is 104 Å². The van der Waals surface area contributed by atoms with E-state index >= 15 is 0 Å². The molecule has 0 radical (unpaired) electrons. The first-order valence-electron chi connectivity index (χ1n) is 14.4. The van der Waals surface area contributed by atoms with Crippen LogP contribution in [0.5, 0.6) is 0 Å². The number of hydrogen-bond donors (Lipinski definition) is 2. The van der Waals surface area contributed by atoms with Crippen molar-refractivity contribution in [3.05, 3.63) is 29.8 Å². The van der Waals surface area contributed by atoms with Crippen molar-refractivity contribution in [2.24, 2.45) is 5.92 Å². The van der Waals surface area contributed by atoms with Crippen molar-refractivity contribution in [1.82, 2.24) is 20.4 Å². The minimum Gasteiger partial charge on any atom is -0.369 e. The molecule has 5 rings (SSSR count). The number of nitrogens with zero attached hydrogens (tertiary/aromatic N) is 3. The Bertz CT molecular complexity index is 1000. The first-order valence-corrected chi connectivity index (χ1v) is 14.4. The number of ketones is 1. The van der Waals surface area contributed by atoms with Gasteiger partial charge in [0.25, 0.3) is 5.91 Å². The minimum atomic E-state index is -0.642. The molecule has 0 aromatic heterocycles. The van der Waals surface area contributed by atoms with Crippen molar-refractivity contribution in [3.8, 4) is 0 Å². The highest BCUT2D eigenvalue weighted by Crippen LogP contribution is 2.32. The fourth-order valence-electron chi connectivity index (χ4n) is 6.71. The molecule has 38 heavy (non-hydrogen) atoms. The van der Waals surface area contributed by atoms with Crippen molar-refractivity contribution in [2.75, 3.05) is 51.3 Å². The van der Waals surface area contributed by atoms with E-state index < -0.39 is 12.1 Å². The largest absolute Gasteiger partial charge is 0.369 e. The molecule has 9 heteroatoms. The smallest absolute Gasteiger partial charge is 0.251 e. The molecule has 3 aliphatic heterocycles. The van der Waals surface area contributed by atoms with Crippen LogP contribution >= 0.6 is 0 Å². The third-order valence-corrected chi connectivity index (χ3v) is 9.05. The number of benzene rings is 1. The topological polar surface area (TPSA) is 94.2 Å². The number of anilines is 1. The van der Waals surface area contributed by atoms with Crippen LogP contribution in [0.25, 0.3) is 0 Å². The summed E-state index contributed by atoms with van der Waals surface area (Å²) in [6, 6.07) is 6.99. The number of likely N-dealkylation sites (N-methyl/N-ethyl adjacent to an activating group) is 1. The Morgan fingerprint density at radius 1 is 1.00 bits per heavy atom. The Hall–Kier alpha value is -2.49. The molecular formula is C29H43N5O4. The van der Waals surface area contributed by atoms with E-state index in [2.05, 4.69) is 34.3 Å². The molecule has 9 nitrogen and oxygen atoms in total. The van der Waals surface area contributed by atoms with Gasteiger partial charge in [-0.1, -0.05) is 19.3 Å². The summed E-state index contributed by atoms with van der Waals surface area (Å²) in [4.78, 5) is 46.5. The van der Waals surface area contributed by atoms with E-state index in [1.807, 2.05) is 31.3 Å². The van der Waals surface area contributed by atoms with E-state index in [0.717, 1.165) is 64.0 Å². The molecule has 1 aliphatic carbocycles. The van der Waals surface area contributed by atoms with Crippen LogP contribution in [0.3, 0.4) is 0 Å². The lowest BCUT2D eigenvalue weighted by molar-refractivity contribution is -0.139. The van der Waals surface area contributed by atoms with Crippen LogP contribution in [-0.2, 0) is 14.3 Å². The van der Waals surface area contributed by atoms with E-state index in [4.69, 9.17) is 4.74 Å². The number of nitrogens with one attached hydrogen (secondary N) is 2. The molecule has 3 heterocycles. The van der Waals surface area contributed by atoms with Crippen molar-refractivity contribution < 1.29 is 19.1 Å². The summed E-state index contributed by atoms with van der Waals surface area (Å²) in [5, 5.41) is 6.30. The zero-order chi connectivity index (χ0) is 26.8. The van der Waals surface area contributed by atoms with Gasteiger partial charge in [-0.2, -0.15) is 0 Å². The number of hydrogen-bond acceptors (Lipinski definition) is 7. The normalized spacial score (nSPS) is 27.6. The Kier molecular flexibility index (Phi) is 8.35. The average molecular weight is 526 g/mol. The van der Waals surface area contributed by atoms with Gasteiger partial charge in [0.2, 0.25) is 5.91 Å². The Balaban J connectivity index is 1.29. The third-order valence-electron chi connectivity index (χ3n) is 9.05. The summed E-state index contributed by atoms with van der Waals surface area (Å²) in [6.45, 7) is 8.91. The van der Waals surface area contributed by atoms with E-state index in [0.29, 0.717) is 18.2 Å². The van der Waals surface area contributed by atoms with Gasteiger partial charge in [-0.25, -0.2) is 0 Å². The van der Waals surface area contributed by atoms with Crippen LogP contribution < -0.4 is 15.5 Å². The summed E-state index contributed by atoms with van der Waals surface area (Å²) in [5.74, 6) is -0.377. The zero-order valence-electron chi connectivity index (χ0n) is 23.0. The number of rotatable bonds is 7. The number of piperazine rings is 1. The van der Waals surface area contributed by atoms with Crippen molar-refractivity contribution in [2.45, 2.75) is 76.2 Å². The highest BCUT2D eigenvalue weighted by Gasteiger charge is 2.53. The predicted molar refractivity (Wildman–Crippen MR) is 146 cm³/mol. The Morgan fingerprint density at radius 2 is 1.68 bits per heavy atom. The Morgan fingerprint density at radius 3 is 2.32 bits per heavy atom. The second kappa shape index (κ2) is 11.7. The van der Waals surface area contributed by atoms with Gasteiger partial charge in [0.05, 0.1) is 6.04 Å². The molecule has 4 atom stereocenters. The van der Waals surface area contributed by atoms with E-state index in [1.165, 1.54) is 0 Å². The van der Waals surface area contributed by atoms with Gasteiger partial charge in [0, 0.05) is 50.0 Å². The third kappa shape index (κ3) is 5.46. The second-order valence-corrected chi connectivity index (χ2v) is 11.6. The molecule has 208 valence electrons. The van der Waals surface area contributed by atoms with Gasteiger partial charge >= 0.3 is 0 Å². The number of ether oxygens (including phenoxy) is 1. The van der Waals surface area contributed by atoms with Crippen LogP contribution in [0.1, 0.15) is 56.3 Å². The Labute approximate surface area is 226 Å². The molecule has 1 aromatic carbocycles. The van der Waals surface area contributed by atoms with Crippen molar-refractivity contribution in [1.29, 1.82) is 0 Å². The van der Waals surface area contributed by atoms with Gasteiger partial charge in [0.1, 0.15) is 24.8 Å². The zero-order valence-corrected chi connectivity index (χ0v) is 23.0. The quantitative estimate of drug-likeness (QED) is 0.559. The molecule has 1 saturated carbocycles. The van der Waals surface area contributed by atoms with Crippen molar-refractivity contribution in [3.63, 3.8) is 0 Å². The van der Waals surface area contributed by atoms with Crippen LogP contribution in [0.4, 0.5) is 5.69 Å². The molecule has 2 N–H and O–H groups in total. The SMILES string of the molecule is CN[C@H]1CN(C(=O)[C@@H](NC(=O)c2ccc(N3CCN(C(C)C)CC3)cc2)C2CCCCC2)[C@@H]2C(=O)CO[C@H]12. The molecular weight excluding hydrogens is 482 g/mol. The van der Waals surface area contributed by atoms with Crippen LogP contribution in [0.2, 0.25) is 0 Å². The fourth-order valence-corrected chi connectivity index (χ4v) is 6.71. The first-order chi connectivity index (χ1) is 18.4. The maximum atomic E-state index is 14.0. The minimum absolute atomic E-state index is 0.0383. The molecule has 1 aromatic rings. The highest BCUT2D eigenvalue weighted by atomic mass is 16.5. The van der Waals surface area contributed by atoms with E-state index in [-0.39, 0.29) is 42.3 Å². The molecule has 0 spiro atoms. The lowest BCUT2D eigenvalue weighted by atomic mass is 9.83. The maximum Gasteiger partial charge on any atom is 0.251 e. The lowest BCUT2D eigenvalue weighted by Gasteiger charge is -2.38. The van der Waals surface area contributed by atoms with E-state index in [9.17, 15) is 14.4 Å². The fraction of sp³-hybridized carbons (Fsp3) is 0.690. The average Bonchev–Trinajstić information content (AvgIpc) is 3.52. The van der Waals surface area contributed by atoms with E-state index in [1.54, 1.807) is 4.90 Å². The number of fused-ring (bicyclic) bond motifs is 1. The summed E-state index contributed by atoms with van der Waals surface area (Å²) in [5.41, 5.74) is 1.67. The molecule has 0 bridgehead atoms. The van der Waals surface area contributed by atoms with Gasteiger partial charge in [-0.15, -0.1) is 0 Å². The van der Waals surface area contributed by atoms with Gasteiger partial charge in [-0.3, -0.25) is 19.3 Å². The van der Waals surface area contributed by atoms with Gasteiger partial charge < -0.3 is 25.2 Å². The molecule has 2 amide bonds. The number of amides is 2.